The van der Waals surface area contributed by atoms with E-state index < -0.39 is 13.7 Å². The van der Waals surface area contributed by atoms with Crippen molar-refractivity contribution >= 4 is 13.2 Å². The maximum absolute atomic E-state index is 6.70. The Balaban J connectivity index is 1.63. The highest BCUT2D eigenvalue weighted by atomic mass is 31.1. The first-order valence-corrected chi connectivity index (χ1v) is 21.7. The zero-order valence-electron chi connectivity index (χ0n) is 34.2. The summed E-state index contributed by atoms with van der Waals surface area (Å²) >= 11 is 0. The van der Waals surface area contributed by atoms with Crippen LogP contribution < -0.4 is 24.3 Å². The van der Waals surface area contributed by atoms with Crippen LogP contribution in [0.3, 0.4) is 0 Å². The van der Waals surface area contributed by atoms with Crippen LogP contribution in [0, 0.1) is 0 Å². The molecular weight excluding hydrogens is 716 g/mol. The fraction of sp³-hybridized carbons (Fsp3) is 0.388. The van der Waals surface area contributed by atoms with E-state index in [0.717, 1.165) is 58.1 Å². The highest BCUT2D eigenvalue weighted by Crippen LogP contribution is 2.71. The summed E-state index contributed by atoms with van der Waals surface area (Å²) in [6.45, 7) is 17.8. The minimum absolute atomic E-state index is 0.0491. The van der Waals surface area contributed by atoms with E-state index in [0.29, 0.717) is 13.2 Å². The third-order valence-electron chi connectivity index (χ3n) is 10.1. The van der Waals surface area contributed by atoms with Gasteiger partial charge in [-0.25, -0.2) is 0 Å². The van der Waals surface area contributed by atoms with Crippen molar-refractivity contribution in [3.05, 3.63) is 126 Å². The first kappa shape index (κ1) is 39.9. The van der Waals surface area contributed by atoms with Gasteiger partial charge in [0.2, 0.25) is 0 Å². The molecule has 0 bridgehead atoms. The first-order valence-electron chi connectivity index (χ1n) is 20.3. The molecule has 2 unspecified atom stereocenters. The molecule has 7 rings (SSSR count). The van der Waals surface area contributed by atoms with Gasteiger partial charge < -0.3 is 28.4 Å². The van der Waals surface area contributed by atoms with Crippen LogP contribution in [-0.2, 0) is 9.47 Å². The Hall–Kier alpha value is -4.35. The number of hydrogen-bond acceptors (Lipinski definition) is 6. The Morgan fingerprint density at radius 1 is 0.464 bits per heavy atom. The van der Waals surface area contributed by atoms with Crippen LogP contribution in [0.2, 0.25) is 0 Å². The topological polar surface area (TPSA) is 55.4 Å². The zero-order valence-corrected chi connectivity index (χ0v) is 35.1. The summed E-state index contributed by atoms with van der Waals surface area (Å²) in [7, 11) is -1.09. The minimum atomic E-state index is -1.09. The molecular formula is C49H57O6P. The average Bonchev–Trinajstić information content (AvgIpc) is 3.61. The summed E-state index contributed by atoms with van der Waals surface area (Å²) in [5, 5.41) is 1.25. The number of benzene rings is 5. The van der Waals surface area contributed by atoms with E-state index in [-0.39, 0.29) is 35.7 Å². The van der Waals surface area contributed by atoms with Gasteiger partial charge in [-0.15, -0.1) is 0 Å². The molecule has 5 aromatic rings. The Kier molecular flexibility index (Phi) is 12.4. The predicted octanol–water partition coefficient (Wildman–Crippen LogP) is 12.3. The van der Waals surface area contributed by atoms with Crippen molar-refractivity contribution in [1.29, 1.82) is 0 Å². The standard InChI is InChI=1S/C49H57O6P/c1-32(2)52-40-24-16-25-41(53-33(3)4)46(40)38-22-15-23-39(47-42(54-34(5)6)26-17-27-43(47)55-35(7)8)48(38)56-44(36-18-11-9-12-19-36)30-49(50-28-29-51-49)31-45(56)37-20-13-10-14-21-37/h9-27,32-35,44-45H,28-31H2,1-8H3. The van der Waals surface area contributed by atoms with Crippen LogP contribution in [0.25, 0.3) is 22.3 Å². The molecule has 2 aliphatic heterocycles. The molecule has 2 heterocycles. The average molecular weight is 773 g/mol. The molecule has 0 amide bonds. The second kappa shape index (κ2) is 17.4. The van der Waals surface area contributed by atoms with Crippen LogP contribution >= 0.6 is 7.92 Å². The van der Waals surface area contributed by atoms with Crippen LogP contribution in [0.15, 0.2) is 115 Å². The van der Waals surface area contributed by atoms with Crippen LogP contribution in [0.4, 0.5) is 0 Å². The first-order chi connectivity index (χ1) is 27.0. The van der Waals surface area contributed by atoms with Gasteiger partial charge >= 0.3 is 0 Å². The van der Waals surface area contributed by atoms with Gasteiger partial charge in [-0.1, -0.05) is 98.9 Å². The molecule has 56 heavy (non-hydrogen) atoms. The van der Waals surface area contributed by atoms with Crippen LogP contribution in [-0.4, -0.2) is 43.4 Å². The molecule has 0 aliphatic carbocycles. The molecule has 7 heteroatoms. The second-order valence-corrected chi connectivity index (χ2v) is 18.4. The van der Waals surface area contributed by atoms with E-state index in [4.69, 9.17) is 28.4 Å². The predicted molar refractivity (Wildman–Crippen MR) is 229 cm³/mol. The fourth-order valence-corrected chi connectivity index (χ4v) is 12.1. The van der Waals surface area contributed by atoms with Gasteiger partial charge in [-0.05, 0) is 107 Å². The van der Waals surface area contributed by atoms with Gasteiger partial charge in [0.1, 0.15) is 23.0 Å². The van der Waals surface area contributed by atoms with Gasteiger partial charge in [-0.2, -0.15) is 0 Å². The lowest BCUT2D eigenvalue weighted by atomic mass is 9.95. The maximum atomic E-state index is 6.70. The van der Waals surface area contributed by atoms with Crippen molar-refractivity contribution in [2.45, 2.75) is 110 Å². The summed E-state index contributed by atoms with van der Waals surface area (Å²) in [6, 6.07) is 41.1. The van der Waals surface area contributed by atoms with Crippen molar-refractivity contribution in [3.8, 4) is 45.3 Å². The molecule has 2 atom stereocenters. The molecule has 6 nitrogen and oxygen atoms in total. The highest BCUT2D eigenvalue weighted by Gasteiger charge is 2.52. The monoisotopic (exact) mass is 772 g/mol. The van der Waals surface area contributed by atoms with Gasteiger partial charge in [0, 0.05) is 24.2 Å². The molecule has 0 aromatic heterocycles. The lowest BCUT2D eigenvalue weighted by molar-refractivity contribution is -0.170. The SMILES string of the molecule is CC(C)Oc1cccc(OC(C)C)c1-c1cccc(-c2c(OC(C)C)cccc2OC(C)C)c1P1C(c2ccccc2)CC2(CC1c1ccccc1)OCCO2. The Bertz CT molecular complexity index is 1860. The summed E-state index contributed by atoms with van der Waals surface area (Å²) in [5.74, 6) is 2.48. The van der Waals surface area contributed by atoms with Crippen molar-refractivity contribution in [1.82, 2.24) is 0 Å². The third kappa shape index (κ3) is 8.64. The van der Waals surface area contributed by atoms with Gasteiger partial charge in [0.25, 0.3) is 0 Å². The Morgan fingerprint density at radius 2 is 0.804 bits per heavy atom. The highest BCUT2D eigenvalue weighted by molar-refractivity contribution is 7.67. The van der Waals surface area contributed by atoms with Crippen molar-refractivity contribution in [3.63, 3.8) is 0 Å². The molecule has 2 aliphatic rings. The Morgan fingerprint density at radius 3 is 1.14 bits per heavy atom. The molecule has 2 fully saturated rings. The summed E-state index contributed by atoms with van der Waals surface area (Å²) < 4.78 is 40.1. The fourth-order valence-electron chi connectivity index (χ4n) is 8.22. The van der Waals surface area contributed by atoms with E-state index in [1.54, 1.807) is 0 Å². The van der Waals surface area contributed by atoms with E-state index >= 15 is 0 Å². The van der Waals surface area contributed by atoms with Crippen molar-refractivity contribution < 1.29 is 28.4 Å². The van der Waals surface area contributed by atoms with Crippen LogP contribution in [0.1, 0.15) is 90.7 Å². The molecule has 2 saturated heterocycles. The van der Waals surface area contributed by atoms with E-state index in [2.05, 4.69) is 159 Å². The summed E-state index contributed by atoms with van der Waals surface area (Å²) in [4.78, 5) is 0. The van der Waals surface area contributed by atoms with E-state index in [9.17, 15) is 0 Å². The van der Waals surface area contributed by atoms with E-state index in [1.165, 1.54) is 16.4 Å². The normalized spacial score (nSPS) is 19.2. The lowest BCUT2D eigenvalue weighted by Gasteiger charge is -2.48. The van der Waals surface area contributed by atoms with Gasteiger partial charge in [-0.3, -0.25) is 0 Å². The number of hydrogen-bond donors (Lipinski definition) is 0. The largest absolute Gasteiger partial charge is 0.490 e. The van der Waals surface area contributed by atoms with Crippen LogP contribution in [0.5, 0.6) is 23.0 Å². The molecule has 0 radical (unpaired) electrons. The van der Waals surface area contributed by atoms with Gasteiger partial charge in [0.15, 0.2) is 5.79 Å². The smallest absolute Gasteiger partial charge is 0.170 e. The maximum Gasteiger partial charge on any atom is 0.170 e. The van der Waals surface area contributed by atoms with Crippen molar-refractivity contribution in [2.75, 3.05) is 13.2 Å². The zero-order chi connectivity index (χ0) is 39.4. The number of rotatable bonds is 13. The van der Waals surface area contributed by atoms with Gasteiger partial charge in [0.05, 0.1) is 48.8 Å². The summed E-state index contributed by atoms with van der Waals surface area (Å²) in [5.41, 5.74) is 6.77. The minimum Gasteiger partial charge on any atom is -0.490 e. The molecule has 0 N–H and O–H groups in total. The van der Waals surface area contributed by atoms with E-state index in [1.807, 2.05) is 12.1 Å². The molecule has 0 saturated carbocycles. The quantitative estimate of drug-likeness (QED) is 0.111. The summed E-state index contributed by atoms with van der Waals surface area (Å²) in [6.07, 6.45) is 1.27. The number of ether oxygens (including phenoxy) is 6. The second-order valence-electron chi connectivity index (χ2n) is 15.9. The molecule has 294 valence electrons. The lowest BCUT2D eigenvalue weighted by Crippen LogP contribution is -2.39. The van der Waals surface area contributed by atoms with Crippen molar-refractivity contribution in [2.24, 2.45) is 0 Å². The molecule has 5 aromatic carbocycles. The Labute approximate surface area is 335 Å². The molecule has 1 spiro atoms. The third-order valence-corrected chi connectivity index (χ3v) is 13.4.